The van der Waals surface area contributed by atoms with E-state index in [9.17, 15) is 0 Å². The third-order valence-electron chi connectivity index (χ3n) is 5.59. The van der Waals surface area contributed by atoms with E-state index in [4.69, 9.17) is 9.98 Å². The lowest BCUT2D eigenvalue weighted by Gasteiger charge is -2.37. The number of nitrogens with one attached hydrogen (secondary N) is 1. The molecule has 7 heteroatoms. The van der Waals surface area contributed by atoms with E-state index in [2.05, 4.69) is 39.2 Å². The van der Waals surface area contributed by atoms with Gasteiger partial charge in [0.2, 0.25) is 0 Å². The van der Waals surface area contributed by atoms with Crippen molar-refractivity contribution in [3.63, 3.8) is 0 Å². The first-order chi connectivity index (χ1) is 14.3. The first kappa shape index (κ1) is 20.1. The molecule has 1 saturated heterocycles. The first-order valence-corrected chi connectivity index (χ1v) is 11.8. The maximum absolute atomic E-state index is 4.91. The molecule has 0 bridgehead atoms. The molecule has 0 saturated carbocycles. The van der Waals surface area contributed by atoms with Gasteiger partial charge >= 0.3 is 0 Å². The molecule has 0 amide bonds. The summed E-state index contributed by atoms with van der Waals surface area (Å²) in [4.78, 5) is 20.5. The van der Waals surface area contributed by atoms with Crippen LogP contribution in [-0.4, -0.2) is 60.1 Å². The Labute approximate surface area is 178 Å². The van der Waals surface area contributed by atoms with Gasteiger partial charge in [0.25, 0.3) is 0 Å². The van der Waals surface area contributed by atoms with Gasteiger partial charge in [-0.3, -0.25) is 4.99 Å². The zero-order valence-electron chi connectivity index (χ0n) is 17.4. The van der Waals surface area contributed by atoms with Gasteiger partial charge in [0.15, 0.2) is 5.96 Å². The number of aliphatic imine (C=N–C) groups is 1. The van der Waals surface area contributed by atoms with Gasteiger partial charge in [0, 0.05) is 56.8 Å². The van der Waals surface area contributed by atoms with E-state index < -0.39 is 0 Å². The molecule has 0 radical (unpaired) electrons. The van der Waals surface area contributed by atoms with Crippen LogP contribution in [0, 0.1) is 0 Å². The van der Waals surface area contributed by atoms with Crippen LogP contribution in [0.4, 0.5) is 5.82 Å². The van der Waals surface area contributed by atoms with E-state index in [0.29, 0.717) is 0 Å². The summed E-state index contributed by atoms with van der Waals surface area (Å²) in [6, 6.07) is 6.11. The Balaban J connectivity index is 1.27. The second-order valence-electron chi connectivity index (χ2n) is 7.69. The maximum Gasteiger partial charge on any atom is 0.194 e. The number of nitrogens with zero attached hydrogens (tertiary/aromatic N) is 5. The number of rotatable bonds is 6. The molecule has 0 unspecified atom stereocenters. The predicted molar refractivity (Wildman–Crippen MR) is 121 cm³/mol. The zero-order valence-corrected chi connectivity index (χ0v) is 18.3. The van der Waals surface area contributed by atoms with Crippen LogP contribution in [0.2, 0.25) is 0 Å². The average molecular weight is 413 g/mol. The Hall–Kier alpha value is -2.15. The summed E-state index contributed by atoms with van der Waals surface area (Å²) in [5.74, 6) is 2.12. The highest BCUT2D eigenvalue weighted by molar-refractivity contribution is 7.11. The molecular weight excluding hydrogens is 380 g/mol. The van der Waals surface area contributed by atoms with Crippen molar-refractivity contribution in [3.05, 3.63) is 40.0 Å². The second kappa shape index (κ2) is 10.1. The van der Waals surface area contributed by atoms with Crippen LogP contribution in [0.1, 0.15) is 41.8 Å². The van der Waals surface area contributed by atoms with Gasteiger partial charge < -0.3 is 15.1 Å². The lowest BCUT2D eigenvalue weighted by atomic mass is 10.0. The van der Waals surface area contributed by atoms with Gasteiger partial charge in [-0.25, -0.2) is 9.97 Å². The van der Waals surface area contributed by atoms with Crippen LogP contribution in [0.5, 0.6) is 0 Å². The van der Waals surface area contributed by atoms with Crippen LogP contribution in [0.15, 0.2) is 29.4 Å². The summed E-state index contributed by atoms with van der Waals surface area (Å²) < 4.78 is 0. The van der Waals surface area contributed by atoms with Crippen molar-refractivity contribution in [2.24, 2.45) is 4.99 Å². The van der Waals surface area contributed by atoms with Gasteiger partial charge in [-0.15, -0.1) is 11.3 Å². The summed E-state index contributed by atoms with van der Waals surface area (Å²) in [5.41, 5.74) is 1.37. The zero-order chi connectivity index (χ0) is 19.9. The lowest BCUT2D eigenvalue weighted by molar-refractivity contribution is 0.371. The summed E-state index contributed by atoms with van der Waals surface area (Å²) in [5, 5.41) is 4.78. The largest absolute Gasteiger partial charge is 0.357 e. The summed E-state index contributed by atoms with van der Waals surface area (Å²) >= 11 is 1.93. The van der Waals surface area contributed by atoms with E-state index in [1.54, 1.807) is 0 Å². The highest BCUT2D eigenvalue weighted by atomic mass is 32.1. The molecule has 2 aromatic rings. The number of anilines is 1. The van der Waals surface area contributed by atoms with Crippen molar-refractivity contribution in [1.29, 1.82) is 0 Å². The fourth-order valence-electron chi connectivity index (χ4n) is 4.04. The summed E-state index contributed by atoms with van der Waals surface area (Å²) in [6.07, 6.45) is 9.03. The third-order valence-corrected chi connectivity index (χ3v) is 6.80. The molecule has 0 atom stereocenters. The molecule has 0 aromatic carbocycles. The van der Waals surface area contributed by atoms with E-state index in [-0.39, 0.29) is 0 Å². The molecule has 3 heterocycles. The van der Waals surface area contributed by atoms with Crippen molar-refractivity contribution in [3.8, 4) is 0 Å². The smallest absolute Gasteiger partial charge is 0.194 e. The van der Waals surface area contributed by atoms with Crippen LogP contribution in [0.25, 0.3) is 0 Å². The van der Waals surface area contributed by atoms with Crippen LogP contribution in [-0.2, 0) is 19.3 Å². The van der Waals surface area contributed by atoms with Crippen molar-refractivity contribution >= 4 is 23.1 Å². The number of pyridine rings is 1. The van der Waals surface area contributed by atoms with Gasteiger partial charge in [0.05, 0.1) is 10.7 Å². The van der Waals surface area contributed by atoms with Crippen molar-refractivity contribution in [1.82, 2.24) is 20.2 Å². The summed E-state index contributed by atoms with van der Waals surface area (Å²) in [7, 11) is 0. The highest BCUT2D eigenvalue weighted by Crippen LogP contribution is 2.27. The van der Waals surface area contributed by atoms with Gasteiger partial charge in [0.1, 0.15) is 5.82 Å². The molecule has 1 N–H and O–H groups in total. The number of hydrogen-bond donors (Lipinski definition) is 1. The molecule has 6 nitrogen and oxygen atoms in total. The molecule has 156 valence electrons. The van der Waals surface area contributed by atoms with Crippen molar-refractivity contribution in [2.45, 2.75) is 45.4 Å². The Morgan fingerprint density at radius 2 is 2.03 bits per heavy atom. The second-order valence-corrected chi connectivity index (χ2v) is 8.85. The Bertz CT molecular complexity index is 771. The summed E-state index contributed by atoms with van der Waals surface area (Å²) in [6.45, 7) is 7.80. The molecule has 2 aromatic heterocycles. The molecule has 1 fully saturated rings. The average Bonchev–Trinajstić information content (AvgIpc) is 3.19. The molecule has 1 aliphatic carbocycles. The van der Waals surface area contributed by atoms with Gasteiger partial charge in [-0.05, 0) is 51.2 Å². The minimum atomic E-state index is 0.854. The normalized spacial score (nSPS) is 17.3. The molecule has 0 spiro atoms. The van der Waals surface area contributed by atoms with E-state index in [1.165, 1.54) is 41.3 Å². The number of hydrogen-bond acceptors (Lipinski definition) is 5. The quantitative estimate of drug-likeness (QED) is 0.449. The first-order valence-electron chi connectivity index (χ1n) is 11.0. The number of guanidine groups is 1. The Kier molecular flexibility index (Phi) is 6.98. The van der Waals surface area contributed by atoms with Crippen LogP contribution in [0.3, 0.4) is 0 Å². The fraction of sp³-hybridized carbons (Fsp3) is 0.591. The lowest BCUT2D eigenvalue weighted by Crippen LogP contribution is -2.52. The molecular formula is C22H32N6S. The van der Waals surface area contributed by atoms with Crippen LogP contribution >= 0.6 is 11.3 Å². The highest BCUT2D eigenvalue weighted by Gasteiger charge is 2.20. The van der Waals surface area contributed by atoms with E-state index in [0.717, 1.165) is 63.9 Å². The van der Waals surface area contributed by atoms with E-state index in [1.807, 2.05) is 23.6 Å². The van der Waals surface area contributed by atoms with Gasteiger partial charge in [-0.2, -0.15) is 0 Å². The SMILES string of the molecule is CCNC(=NCCCc1nc2c(s1)CCCC2)N1CCN(c2ccccn2)CC1. The number of aromatic nitrogens is 2. The van der Waals surface area contributed by atoms with E-state index >= 15 is 0 Å². The molecule has 29 heavy (non-hydrogen) atoms. The standard InChI is InChI=1S/C22H32N6S/c1-2-23-22(28-16-14-27(15-17-28)20-10-5-6-12-24-20)25-13-7-11-21-26-18-8-3-4-9-19(18)29-21/h5-6,10,12H,2-4,7-9,11,13-17H2,1H3,(H,23,25). The van der Waals surface area contributed by atoms with Crippen LogP contribution < -0.4 is 10.2 Å². The molecule has 1 aliphatic heterocycles. The number of fused-ring (bicyclic) bond motifs is 1. The topological polar surface area (TPSA) is 56.7 Å². The third kappa shape index (κ3) is 5.26. The van der Waals surface area contributed by atoms with Crippen molar-refractivity contribution < 1.29 is 0 Å². The number of aryl methyl sites for hydroxylation is 3. The minimum absolute atomic E-state index is 0.854. The predicted octanol–water partition coefficient (Wildman–Crippen LogP) is 3.14. The maximum atomic E-state index is 4.91. The number of thiazole rings is 1. The fourth-order valence-corrected chi connectivity index (χ4v) is 5.24. The molecule has 4 rings (SSSR count). The monoisotopic (exact) mass is 412 g/mol. The Morgan fingerprint density at radius 1 is 1.17 bits per heavy atom. The van der Waals surface area contributed by atoms with Gasteiger partial charge in [-0.1, -0.05) is 6.07 Å². The molecule has 2 aliphatic rings. The number of piperazine rings is 1. The van der Waals surface area contributed by atoms with Crippen molar-refractivity contribution in [2.75, 3.05) is 44.2 Å². The minimum Gasteiger partial charge on any atom is -0.357 e. The Morgan fingerprint density at radius 3 is 2.79 bits per heavy atom.